The second-order valence-corrected chi connectivity index (χ2v) is 10.5. The molecule has 8 nitrogen and oxygen atoms in total. The van der Waals surface area contributed by atoms with Gasteiger partial charge < -0.3 is 15.5 Å². The number of carbonyl (C=O) groups excluding carboxylic acids is 1. The normalized spacial score (nSPS) is 23.5. The predicted octanol–water partition coefficient (Wildman–Crippen LogP) is 3.51. The lowest BCUT2D eigenvalue weighted by Crippen LogP contribution is -2.42. The van der Waals surface area contributed by atoms with Crippen LogP contribution in [0.4, 0.5) is 0 Å². The summed E-state index contributed by atoms with van der Waals surface area (Å²) in [6, 6.07) is 7.75. The Kier molecular flexibility index (Phi) is 5.49. The van der Waals surface area contributed by atoms with Gasteiger partial charge in [0.15, 0.2) is 0 Å². The first-order valence-corrected chi connectivity index (χ1v) is 12.7. The maximum atomic E-state index is 13.1. The summed E-state index contributed by atoms with van der Waals surface area (Å²) in [7, 11) is 0. The molecule has 1 unspecified atom stereocenters. The Balaban J connectivity index is 1.08. The molecule has 4 heterocycles. The van der Waals surface area contributed by atoms with Crippen LogP contribution in [0.15, 0.2) is 65.5 Å². The number of amides is 1. The van der Waals surface area contributed by atoms with Crippen molar-refractivity contribution in [2.75, 3.05) is 0 Å². The zero-order valence-electron chi connectivity index (χ0n) is 19.3. The number of aromatic amines is 1. The molecule has 0 bridgehead atoms. The minimum atomic E-state index is -0.155. The molecule has 3 N–H and O–H groups in total. The first-order valence-electron chi connectivity index (χ1n) is 11.9. The van der Waals surface area contributed by atoms with E-state index in [-0.39, 0.29) is 29.6 Å². The molecular formula is C26H26N6O2S. The Bertz CT molecular complexity index is 1440. The fourth-order valence-corrected chi connectivity index (χ4v) is 6.00. The van der Waals surface area contributed by atoms with Gasteiger partial charge in [0.2, 0.25) is 0 Å². The lowest BCUT2D eigenvalue weighted by atomic mass is 9.82. The van der Waals surface area contributed by atoms with E-state index in [4.69, 9.17) is 0 Å². The fraction of sp³-hybridized carbons (Fsp3) is 0.308. The number of aryl methyl sites for hydroxylation is 1. The number of hydrogen-bond donors (Lipinski definition) is 3. The van der Waals surface area contributed by atoms with Crippen LogP contribution >= 0.6 is 11.3 Å². The smallest absolute Gasteiger partial charge is 0.272 e. The summed E-state index contributed by atoms with van der Waals surface area (Å²) in [6.45, 7) is 2.00. The molecule has 0 radical (unpaired) electrons. The molecule has 1 amide bonds. The molecule has 1 fully saturated rings. The third-order valence-electron chi connectivity index (χ3n) is 7.03. The van der Waals surface area contributed by atoms with Crippen LogP contribution < -0.4 is 16.2 Å². The van der Waals surface area contributed by atoms with Gasteiger partial charge >= 0.3 is 0 Å². The van der Waals surface area contributed by atoms with Gasteiger partial charge in [-0.05, 0) is 56.4 Å². The van der Waals surface area contributed by atoms with Gasteiger partial charge in [0.1, 0.15) is 11.9 Å². The summed E-state index contributed by atoms with van der Waals surface area (Å²) < 4.78 is 0. The highest BCUT2D eigenvalue weighted by Gasteiger charge is 2.32. The van der Waals surface area contributed by atoms with Crippen LogP contribution in [-0.2, 0) is 4.79 Å². The molecule has 1 atom stereocenters. The van der Waals surface area contributed by atoms with Crippen LogP contribution in [0, 0.1) is 6.92 Å². The van der Waals surface area contributed by atoms with Crippen molar-refractivity contribution in [1.29, 1.82) is 0 Å². The molecule has 6 rings (SSSR count). The lowest BCUT2D eigenvalue weighted by Gasteiger charge is -2.31. The summed E-state index contributed by atoms with van der Waals surface area (Å²) in [5.41, 5.74) is 2.53. The molecule has 0 saturated heterocycles. The van der Waals surface area contributed by atoms with E-state index in [2.05, 4.69) is 31.9 Å². The largest absolute Gasteiger partial charge is 0.366 e. The SMILES string of the molecule is Cc1ncc(C2=CC3NC=C(C(=O)NC4CCC(c5n[nH]c(=O)c6ccccc56)CC4)N3C=C2)s1. The molecule has 3 aromatic rings. The van der Waals surface area contributed by atoms with Gasteiger partial charge in [-0.25, -0.2) is 10.1 Å². The van der Waals surface area contributed by atoms with Crippen LogP contribution in [0.2, 0.25) is 0 Å². The maximum Gasteiger partial charge on any atom is 0.272 e. The second-order valence-electron chi connectivity index (χ2n) is 9.24. The number of fused-ring (bicyclic) bond motifs is 2. The number of allylic oxidation sites excluding steroid dienone is 2. The maximum absolute atomic E-state index is 13.1. The first kappa shape index (κ1) is 21.8. The highest BCUT2D eigenvalue weighted by molar-refractivity contribution is 7.12. The van der Waals surface area contributed by atoms with E-state index in [1.54, 1.807) is 17.5 Å². The van der Waals surface area contributed by atoms with Crippen LogP contribution in [0.5, 0.6) is 0 Å². The van der Waals surface area contributed by atoms with E-state index in [0.29, 0.717) is 11.1 Å². The van der Waals surface area contributed by atoms with E-state index in [9.17, 15) is 9.59 Å². The van der Waals surface area contributed by atoms with Gasteiger partial charge in [-0.15, -0.1) is 11.3 Å². The fourth-order valence-electron chi connectivity index (χ4n) is 5.22. The van der Waals surface area contributed by atoms with Gasteiger partial charge in [0.05, 0.1) is 21.0 Å². The van der Waals surface area contributed by atoms with Crippen molar-refractivity contribution in [3.63, 3.8) is 0 Å². The summed E-state index contributed by atoms with van der Waals surface area (Å²) >= 11 is 1.66. The Hall–Kier alpha value is -3.72. The van der Waals surface area contributed by atoms with E-state index in [0.717, 1.165) is 52.2 Å². The minimum absolute atomic E-state index is 0.0637. The summed E-state index contributed by atoms with van der Waals surface area (Å²) in [6.07, 6.45) is 13.3. The molecule has 0 spiro atoms. The number of benzene rings is 1. The van der Waals surface area contributed by atoms with Gasteiger partial charge in [-0.3, -0.25) is 9.59 Å². The molecule has 2 aromatic heterocycles. The highest BCUT2D eigenvalue weighted by Crippen LogP contribution is 2.35. The Labute approximate surface area is 206 Å². The topological polar surface area (TPSA) is 103 Å². The van der Waals surface area contributed by atoms with Gasteiger partial charge in [0, 0.05) is 35.9 Å². The number of hydrogen-bond acceptors (Lipinski definition) is 7. The average molecular weight is 487 g/mol. The van der Waals surface area contributed by atoms with Crippen LogP contribution in [0.3, 0.4) is 0 Å². The Morgan fingerprint density at radius 1 is 1.17 bits per heavy atom. The zero-order valence-corrected chi connectivity index (χ0v) is 20.1. The van der Waals surface area contributed by atoms with E-state index in [1.807, 2.05) is 54.6 Å². The second kappa shape index (κ2) is 8.81. The molecule has 35 heavy (non-hydrogen) atoms. The molecular weight excluding hydrogens is 460 g/mol. The quantitative estimate of drug-likeness (QED) is 0.522. The highest BCUT2D eigenvalue weighted by atomic mass is 32.1. The van der Waals surface area contributed by atoms with Crippen molar-refractivity contribution in [1.82, 2.24) is 30.7 Å². The molecule has 178 valence electrons. The van der Waals surface area contributed by atoms with Crippen LogP contribution in [0.25, 0.3) is 16.3 Å². The number of thiazole rings is 1. The van der Waals surface area contributed by atoms with Gasteiger partial charge in [0.25, 0.3) is 11.5 Å². The van der Waals surface area contributed by atoms with Crippen LogP contribution in [-0.4, -0.2) is 38.2 Å². The number of carbonyl (C=O) groups is 1. The third-order valence-corrected chi connectivity index (χ3v) is 8.00. The van der Waals surface area contributed by atoms with E-state index < -0.39 is 0 Å². The molecule has 3 aliphatic rings. The summed E-state index contributed by atoms with van der Waals surface area (Å²) in [5.74, 6) is 0.205. The third kappa shape index (κ3) is 4.05. The Morgan fingerprint density at radius 3 is 2.74 bits per heavy atom. The summed E-state index contributed by atoms with van der Waals surface area (Å²) in [5, 5.41) is 16.2. The first-order chi connectivity index (χ1) is 17.1. The van der Waals surface area contributed by atoms with Crippen molar-refractivity contribution in [3.8, 4) is 0 Å². The van der Waals surface area contributed by atoms with E-state index in [1.165, 1.54) is 0 Å². The predicted molar refractivity (Wildman–Crippen MR) is 136 cm³/mol. The lowest BCUT2D eigenvalue weighted by molar-refractivity contribution is -0.119. The van der Waals surface area contributed by atoms with Crippen molar-refractivity contribution < 1.29 is 4.79 Å². The zero-order chi connectivity index (χ0) is 23.9. The van der Waals surface area contributed by atoms with Gasteiger partial charge in [-0.2, -0.15) is 5.10 Å². The number of aromatic nitrogens is 3. The molecule has 1 aliphatic carbocycles. The van der Waals surface area contributed by atoms with Crippen molar-refractivity contribution >= 4 is 33.6 Å². The number of H-pyrrole nitrogens is 1. The summed E-state index contributed by atoms with van der Waals surface area (Å²) in [4.78, 5) is 32.7. The minimum Gasteiger partial charge on any atom is -0.366 e. The number of nitrogens with one attached hydrogen (secondary N) is 3. The van der Waals surface area contributed by atoms with Crippen molar-refractivity contribution in [2.45, 2.75) is 50.7 Å². The average Bonchev–Trinajstić information content (AvgIpc) is 3.51. The molecule has 9 heteroatoms. The molecule has 2 aliphatic heterocycles. The number of rotatable bonds is 4. The van der Waals surface area contributed by atoms with Crippen molar-refractivity contribution in [2.24, 2.45) is 0 Å². The van der Waals surface area contributed by atoms with E-state index >= 15 is 0 Å². The monoisotopic (exact) mass is 486 g/mol. The van der Waals surface area contributed by atoms with Gasteiger partial charge in [-0.1, -0.05) is 18.2 Å². The van der Waals surface area contributed by atoms with Crippen LogP contribution in [0.1, 0.15) is 47.2 Å². The number of nitrogens with zero attached hydrogens (tertiary/aromatic N) is 3. The van der Waals surface area contributed by atoms with Crippen molar-refractivity contribution in [3.05, 3.63) is 86.6 Å². The molecule has 1 aromatic carbocycles. The molecule has 1 saturated carbocycles. The standard InChI is InChI=1S/C26H26N6O2S/c1-15-27-14-22(35-15)17-10-11-32-21(13-28-23(32)12-17)26(34)29-18-8-6-16(7-9-18)24-19-4-2-3-5-20(19)25(33)31-30-24/h2-5,10-14,16,18,23,28H,6-9H2,1H3,(H,29,34)(H,31,33). The Morgan fingerprint density at radius 2 is 1.97 bits per heavy atom.